The monoisotopic (exact) mass is 306 g/mol. The SMILES string of the molecule is CC1=Cc2cc3c(c(-c4ccc(C(C)(C)C)cc4)c2C1)OCO3. The van der Waals surface area contributed by atoms with Gasteiger partial charge >= 0.3 is 0 Å². The van der Waals surface area contributed by atoms with Crippen molar-refractivity contribution in [2.75, 3.05) is 6.79 Å². The quantitative estimate of drug-likeness (QED) is 0.708. The van der Waals surface area contributed by atoms with Crippen LogP contribution >= 0.6 is 0 Å². The van der Waals surface area contributed by atoms with E-state index in [1.807, 2.05) is 0 Å². The van der Waals surface area contributed by atoms with Crippen molar-refractivity contribution >= 4 is 6.08 Å². The number of hydrogen-bond acceptors (Lipinski definition) is 2. The Hall–Kier alpha value is -2.22. The second-order valence-electron chi connectivity index (χ2n) is 7.55. The number of fused-ring (bicyclic) bond motifs is 2. The summed E-state index contributed by atoms with van der Waals surface area (Å²) in [6.45, 7) is 9.21. The first-order valence-corrected chi connectivity index (χ1v) is 8.17. The van der Waals surface area contributed by atoms with Crippen molar-refractivity contribution < 1.29 is 9.47 Å². The van der Waals surface area contributed by atoms with Crippen molar-refractivity contribution in [2.45, 2.75) is 39.5 Å². The molecule has 2 nitrogen and oxygen atoms in total. The minimum absolute atomic E-state index is 0.164. The van der Waals surface area contributed by atoms with Gasteiger partial charge in [-0.3, -0.25) is 0 Å². The van der Waals surface area contributed by atoms with Crippen molar-refractivity contribution in [3.8, 4) is 22.6 Å². The lowest BCUT2D eigenvalue weighted by Gasteiger charge is -2.20. The van der Waals surface area contributed by atoms with E-state index in [1.165, 1.54) is 33.4 Å². The molecule has 0 spiro atoms. The normalized spacial score (nSPS) is 15.6. The first kappa shape index (κ1) is 14.4. The minimum atomic E-state index is 0.164. The first-order valence-electron chi connectivity index (χ1n) is 8.17. The Morgan fingerprint density at radius 3 is 2.43 bits per heavy atom. The molecule has 0 unspecified atom stereocenters. The topological polar surface area (TPSA) is 18.5 Å². The fourth-order valence-corrected chi connectivity index (χ4v) is 3.46. The van der Waals surface area contributed by atoms with Crippen molar-refractivity contribution in [2.24, 2.45) is 0 Å². The van der Waals surface area contributed by atoms with Gasteiger partial charge in [0, 0.05) is 5.56 Å². The maximum atomic E-state index is 5.80. The Morgan fingerprint density at radius 1 is 1.00 bits per heavy atom. The highest BCUT2D eigenvalue weighted by Crippen LogP contribution is 2.48. The fraction of sp³-hybridized carbons (Fsp3) is 0.333. The van der Waals surface area contributed by atoms with E-state index in [1.54, 1.807) is 0 Å². The molecule has 4 rings (SSSR count). The van der Waals surface area contributed by atoms with Gasteiger partial charge in [-0.25, -0.2) is 0 Å². The van der Waals surface area contributed by atoms with Crippen molar-refractivity contribution in [3.05, 3.63) is 52.6 Å². The molecule has 1 heterocycles. The first-order chi connectivity index (χ1) is 10.9. The summed E-state index contributed by atoms with van der Waals surface area (Å²) in [4.78, 5) is 0. The highest BCUT2D eigenvalue weighted by molar-refractivity contribution is 5.84. The van der Waals surface area contributed by atoms with Gasteiger partial charge in [0.2, 0.25) is 6.79 Å². The van der Waals surface area contributed by atoms with Crippen molar-refractivity contribution in [1.29, 1.82) is 0 Å². The zero-order valence-corrected chi connectivity index (χ0v) is 14.2. The van der Waals surface area contributed by atoms with Crippen LogP contribution in [0.1, 0.15) is 44.4 Å². The summed E-state index contributed by atoms with van der Waals surface area (Å²) in [6, 6.07) is 11.0. The lowest BCUT2D eigenvalue weighted by molar-refractivity contribution is 0.174. The molecule has 23 heavy (non-hydrogen) atoms. The Morgan fingerprint density at radius 2 is 1.74 bits per heavy atom. The largest absolute Gasteiger partial charge is 0.454 e. The molecule has 0 atom stereocenters. The molecule has 0 saturated heterocycles. The van der Waals surface area contributed by atoms with Crippen LogP contribution in [-0.2, 0) is 11.8 Å². The number of allylic oxidation sites excluding steroid dienone is 1. The van der Waals surface area contributed by atoms with Crippen LogP contribution in [0.15, 0.2) is 35.9 Å². The molecule has 0 N–H and O–H groups in total. The van der Waals surface area contributed by atoms with E-state index in [2.05, 4.69) is 64.1 Å². The van der Waals surface area contributed by atoms with Gasteiger partial charge in [0.1, 0.15) is 0 Å². The maximum absolute atomic E-state index is 5.80. The Bertz CT molecular complexity index is 805. The Balaban J connectivity index is 1.87. The average Bonchev–Trinajstić information content (AvgIpc) is 3.08. The molecular weight excluding hydrogens is 284 g/mol. The third-order valence-electron chi connectivity index (χ3n) is 4.70. The molecule has 2 aromatic carbocycles. The molecule has 118 valence electrons. The number of rotatable bonds is 1. The van der Waals surface area contributed by atoms with Gasteiger partial charge in [-0.15, -0.1) is 0 Å². The third kappa shape index (κ3) is 2.33. The molecule has 1 aliphatic carbocycles. The van der Waals surface area contributed by atoms with E-state index in [0.29, 0.717) is 6.79 Å². The number of hydrogen-bond donors (Lipinski definition) is 0. The van der Waals surface area contributed by atoms with Crippen LogP contribution in [0.5, 0.6) is 11.5 Å². The molecule has 0 fully saturated rings. The molecule has 2 aliphatic rings. The average molecular weight is 306 g/mol. The van der Waals surface area contributed by atoms with Gasteiger partial charge < -0.3 is 9.47 Å². The predicted molar refractivity (Wildman–Crippen MR) is 94.1 cm³/mol. The zero-order valence-electron chi connectivity index (χ0n) is 14.2. The second-order valence-corrected chi connectivity index (χ2v) is 7.55. The fourth-order valence-electron chi connectivity index (χ4n) is 3.46. The summed E-state index contributed by atoms with van der Waals surface area (Å²) < 4.78 is 11.4. The van der Waals surface area contributed by atoms with Crippen LogP contribution < -0.4 is 9.47 Å². The maximum Gasteiger partial charge on any atom is 0.231 e. The lowest BCUT2D eigenvalue weighted by atomic mass is 9.85. The molecule has 1 aliphatic heterocycles. The summed E-state index contributed by atoms with van der Waals surface area (Å²) in [5, 5.41) is 0. The minimum Gasteiger partial charge on any atom is -0.454 e. The highest BCUT2D eigenvalue weighted by atomic mass is 16.7. The van der Waals surface area contributed by atoms with Crippen LogP contribution in [-0.4, -0.2) is 6.79 Å². The van der Waals surface area contributed by atoms with Crippen LogP contribution in [0.3, 0.4) is 0 Å². The van der Waals surface area contributed by atoms with E-state index in [9.17, 15) is 0 Å². The predicted octanol–water partition coefficient (Wildman–Crippen LogP) is 5.34. The number of ether oxygens (including phenoxy) is 2. The van der Waals surface area contributed by atoms with Gasteiger partial charge in [0.15, 0.2) is 11.5 Å². The molecule has 0 bridgehead atoms. The summed E-state index contributed by atoms with van der Waals surface area (Å²) in [5.74, 6) is 1.76. The highest BCUT2D eigenvalue weighted by Gasteiger charge is 2.27. The van der Waals surface area contributed by atoms with Gasteiger partial charge in [-0.05, 0) is 47.1 Å². The Labute approximate surface area is 137 Å². The smallest absolute Gasteiger partial charge is 0.231 e. The molecule has 0 aromatic heterocycles. The van der Waals surface area contributed by atoms with Crippen molar-refractivity contribution in [3.63, 3.8) is 0 Å². The summed E-state index contributed by atoms with van der Waals surface area (Å²) in [5.41, 5.74) is 7.92. The van der Waals surface area contributed by atoms with Crippen LogP contribution in [0.25, 0.3) is 17.2 Å². The molecular formula is C21H22O2. The zero-order chi connectivity index (χ0) is 16.2. The van der Waals surface area contributed by atoms with Gasteiger partial charge in [-0.2, -0.15) is 0 Å². The van der Waals surface area contributed by atoms with Crippen LogP contribution in [0.4, 0.5) is 0 Å². The molecule has 0 saturated carbocycles. The summed E-state index contributed by atoms with van der Waals surface area (Å²) >= 11 is 0. The van der Waals surface area contributed by atoms with Crippen LogP contribution in [0, 0.1) is 0 Å². The Kier molecular flexibility index (Phi) is 3.06. The molecule has 0 radical (unpaired) electrons. The van der Waals surface area contributed by atoms with Gasteiger partial charge in [-0.1, -0.05) is 56.7 Å². The standard InChI is InChI=1S/C21H22O2/c1-13-9-15-11-18-20(23-12-22-18)19(17(15)10-13)14-5-7-16(8-6-14)21(2,3)4/h5-9,11H,10,12H2,1-4H3. The molecule has 2 aromatic rings. The van der Waals surface area contributed by atoms with E-state index >= 15 is 0 Å². The van der Waals surface area contributed by atoms with E-state index in [4.69, 9.17) is 9.47 Å². The van der Waals surface area contributed by atoms with E-state index in [-0.39, 0.29) is 5.41 Å². The van der Waals surface area contributed by atoms with E-state index < -0.39 is 0 Å². The van der Waals surface area contributed by atoms with Crippen molar-refractivity contribution in [1.82, 2.24) is 0 Å². The van der Waals surface area contributed by atoms with E-state index in [0.717, 1.165) is 17.9 Å². The lowest BCUT2D eigenvalue weighted by Crippen LogP contribution is -2.10. The van der Waals surface area contributed by atoms with Gasteiger partial charge in [0.25, 0.3) is 0 Å². The molecule has 2 heteroatoms. The number of benzene rings is 2. The summed E-state index contributed by atoms with van der Waals surface area (Å²) in [7, 11) is 0. The summed E-state index contributed by atoms with van der Waals surface area (Å²) in [6.07, 6.45) is 3.24. The third-order valence-corrected chi connectivity index (χ3v) is 4.70. The second kappa shape index (κ2) is 4.89. The molecule has 0 amide bonds. The van der Waals surface area contributed by atoms with Gasteiger partial charge in [0.05, 0.1) is 0 Å². The van der Waals surface area contributed by atoms with Crippen LogP contribution in [0.2, 0.25) is 0 Å².